The minimum absolute atomic E-state index is 0.0464. The Morgan fingerprint density at radius 1 is 1.45 bits per heavy atom. The SMILES string of the molecule is Cc1nc(C)c(C(=O)Nc2cccc([N+](=O)[O-])c2Cl)o1. The summed E-state index contributed by atoms with van der Waals surface area (Å²) in [5.74, 6) is -0.159. The van der Waals surface area contributed by atoms with E-state index in [-0.39, 0.29) is 22.2 Å². The number of carbonyl (C=O) groups is 1. The number of nitrogens with one attached hydrogen (secondary N) is 1. The predicted octanol–water partition coefficient (Wildman–Crippen LogP) is 3.11. The van der Waals surface area contributed by atoms with Gasteiger partial charge in [0.15, 0.2) is 5.89 Å². The molecule has 2 aromatic rings. The average Bonchev–Trinajstić information content (AvgIpc) is 2.70. The van der Waals surface area contributed by atoms with Crippen molar-refractivity contribution in [1.29, 1.82) is 0 Å². The zero-order valence-corrected chi connectivity index (χ0v) is 11.4. The Balaban J connectivity index is 2.31. The zero-order chi connectivity index (χ0) is 14.9. The van der Waals surface area contributed by atoms with Gasteiger partial charge in [0.2, 0.25) is 5.76 Å². The molecule has 1 aromatic heterocycles. The number of oxazole rings is 1. The minimum atomic E-state index is -0.623. The van der Waals surface area contributed by atoms with Gasteiger partial charge in [0.1, 0.15) is 5.02 Å². The maximum Gasteiger partial charge on any atom is 0.293 e. The number of nitro benzene ring substituents is 1. The second-order valence-corrected chi connectivity index (χ2v) is 4.38. The number of hydrogen-bond acceptors (Lipinski definition) is 5. The first kappa shape index (κ1) is 14.0. The summed E-state index contributed by atoms with van der Waals surface area (Å²) in [7, 11) is 0. The number of nitro groups is 1. The Morgan fingerprint density at radius 2 is 2.15 bits per heavy atom. The smallest absolute Gasteiger partial charge is 0.293 e. The van der Waals surface area contributed by atoms with Gasteiger partial charge in [0, 0.05) is 13.0 Å². The minimum Gasteiger partial charge on any atom is -0.436 e. The van der Waals surface area contributed by atoms with Gasteiger partial charge < -0.3 is 9.73 Å². The molecule has 0 aliphatic carbocycles. The number of aromatic nitrogens is 1. The molecule has 8 heteroatoms. The van der Waals surface area contributed by atoms with Crippen LogP contribution < -0.4 is 5.32 Å². The lowest BCUT2D eigenvalue weighted by molar-refractivity contribution is -0.384. The normalized spacial score (nSPS) is 10.3. The van der Waals surface area contributed by atoms with Crippen molar-refractivity contribution in [2.24, 2.45) is 0 Å². The molecule has 1 amide bonds. The largest absolute Gasteiger partial charge is 0.436 e. The Kier molecular flexibility index (Phi) is 3.71. The number of amides is 1. The third-order valence-electron chi connectivity index (χ3n) is 2.53. The van der Waals surface area contributed by atoms with Crippen LogP contribution in [0.4, 0.5) is 11.4 Å². The fourth-order valence-corrected chi connectivity index (χ4v) is 1.92. The first-order chi connectivity index (χ1) is 9.40. The van der Waals surface area contributed by atoms with Gasteiger partial charge in [-0.1, -0.05) is 17.7 Å². The number of rotatable bonds is 3. The summed E-state index contributed by atoms with van der Waals surface area (Å²) in [6, 6.07) is 4.14. The molecule has 2 rings (SSSR count). The van der Waals surface area contributed by atoms with Crippen LogP contribution in [0.1, 0.15) is 22.1 Å². The van der Waals surface area contributed by atoms with Crippen LogP contribution in [0.2, 0.25) is 5.02 Å². The lowest BCUT2D eigenvalue weighted by Gasteiger charge is -2.05. The van der Waals surface area contributed by atoms with E-state index < -0.39 is 10.8 Å². The third-order valence-corrected chi connectivity index (χ3v) is 2.93. The summed E-state index contributed by atoms with van der Waals surface area (Å²) in [5.41, 5.74) is 0.288. The molecule has 1 heterocycles. The van der Waals surface area contributed by atoms with E-state index >= 15 is 0 Å². The van der Waals surface area contributed by atoms with E-state index in [0.29, 0.717) is 11.6 Å². The number of anilines is 1. The molecule has 0 spiro atoms. The number of nitrogens with zero attached hydrogens (tertiary/aromatic N) is 2. The standard InChI is InChI=1S/C12H10ClN3O4/c1-6-11(20-7(2)14-6)12(17)15-8-4-3-5-9(10(8)13)16(18)19/h3-5H,1-2H3,(H,15,17). The van der Waals surface area contributed by atoms with E-state index in [1.807, 2.05) is 0 Å². The van der Waals surface area contributed by atoms with Gasteiger partial charge in [-0.25, -0.2) is 4.98 Å². The van der Waals surface area contributed by atoms with Crippen molar-refractivity contribution < 1.29 is 14.1 Å². The quantitative estimate of drug-likeness (QED) is 0.693. The van der Waals surface area contributed by atoms with Crippen LogP contribution in [0.3, 0.4) is 0 Å². The van der Waals surface area contributed by atoms with Crippen LogP contribution in [-0.2, 0) is 0 Å². The lowest BCUT2D eigenvalue weighted by Crippen LogP contribution is -2.13. The fraction of sp³-hybridized carbons (Fsp3) is 0.167. The second kappa shape index (κ2) is 5.30. The summed E-state index contributed by atoms with van der Waals surface area (Å²) in [4.78, 5) is 26.1. The van der Waals surface area contributed by atoms with Gasteiger partial charge in [-0.15, -0.1) is 0 Å². The fourth-order valence-electron chi connectivity index (χ4n) is 1.68. The summed E-state index contributed by atoms with van der Waals surface area (Å²) >= 11 is 5.88. The van der Waals surface area contributed by atoms with Crippen molar-refractivity contribution in [3.63, 3.8) is 0 Å². The number of aryl methyl sites for hydroxylation is 2. The molecule has 0 radical (unpaired) electrons. The van der Waals surface area contributed by atoms with Gasteiger partial charge in [0.05, 0.1) is 16.3 Å². The summed E-state index contributed by atoms with van der Waals surface area (Å²) in [5, 5.41) is 13.1. The topological polar surface area (TPSA) is 98.3 Å². The molecular weight excluding hydrogens is 286 g/mol. The van der Waals surface area contributed by atoms with E-state index in [1.54, 1.807) is 13.8 Å². The summed E-state index contributed by atoms with van der Waals surface area (Å²) in [6.45, 7) is 3.24. The first-order valence-electron chi connectivity index (χ1n) is 5.58. The molecule has 7 nitrogen and oxygen atoms in total. The molecule has 0 fully saturated rings. The first-order valence-corrected chi connectivity index (χ1v) is 5.96. The molecule has 1 N–H and O–H groups in total. The molecule has 0 aliphatic rings. The van der Waals surface area contributed by atoms with Crippen LogP contribution in [0.25, 0.3) is 0 Å². The van der Waals surface area contributed by atoms with Crippen molar-refractivity contribution >= 4 is 28.9 Å². The average molecular weight is 296 g/mol. The maximum atomic E-state index is 12.0. The summed E-state index contributed by atoms with van der Waals surface area (Å²) < 4.78 is 5.17. The summed E-state index contributed by atoms with van der Waals surface area (Å²) in [6.07, 6.45) is 0. The van der Waals surface area contributed by atoms with Gasteiger partial charge in [-0.05, 0) is 13.0 Å². The van der Waals surface area contributed by atoms with Gasteiger partial charge in [-0.3, -0.25) is 14.9 Å². The highest BCUT2D eigenvalue weighted by Crippen LogP contribution is 2.31. The Bertz CT molecular complexity index is 696. The number of halogens is 1. The van der Waals surface area contributed by atoms with Gasteiger partial charge in [0.25, 0.3) is 11.6 Å². The van der Waals surface area contributed by atoms with E-state index in [1.165, 1.54) is 18.2 Å². The molecule has 0 aliphatic heterocycles. The third kappa shape index (κ3) is 2.62. The molecule has 0 unspecified atom stereocenters. The monoisotopic (exact) mass is 295 g/mol. The molecule has 104 valence electrons. The van der Waals surface area contributed by atoms with Crippen LogP contribution in [0.5, 0.6) is 0 Å². The van der Waals surface area contributed by atoms with Crippen molar-refractivity contribution in [1.82, 2.24) is 4.98 Å². The molecular formula is C12H10ClN3O4. The predicted molar refractivity (Wildman–Crippen MR) is 72.0 cm³/mol. The molecule has 0 bridgehead atoms. The molecule has 20 heavy (non-hydrogen) atoms. The number of carbonyl (C=O) groups excluding carboxylic acids is 1. The van der Waals surface area contributed by atoms with Crippen LogP contribution in [0.15, 0.2) is 22.6 Å². The van der Waals surface area contributed by atoms with Crippen LogP contribution in [-0.4, -0.2) is 15.8 Å². The molecule has 1 aromatic carbocycles. The second-order valence-electron chi connectivity index (χ2n) is 4.00. The Hall–Kier alpha value is -2.41. The van der Waals surface area contributed by atoms with E-state index in [0.717, 1.165) is 0 Å². The highest BCUT2D eigenvalue weighted by Gasteiger charge is 2.20. The number of benzene rings is 1. The van der Waals surface area contributed by atoms with Crippen LogP contribution in [0, 0.1) is 24.0 Å². The number of hydrogen-bond donors (Lipinski definition) is 1. The van der Waals surface area contributed by atoms with Crippen molar-refractivity contribution in [3.8, 4) is 0 Å². The zero-order valence-electron chi connectivity index (χ0n) is 10.6. The molecule has 0 saturated heterocycles. The van der Waals surface area contributed by atoms with Crippen molar-refractivity contribution in [2.45, 2.75) is 13.8 Å². The highest BCUT2D eigenvalue weighted by atomic mass is 35.5. The van der Waals surface area contributed by atoms with Gasteiger partial charge in [-0.2, -0.15) is 0 Å². The molecule has 0 atom stereocenters. The Morgan fingerprint density at radius 3 is 2.70 bits per heavy atom. The van der Waals surface area contributed by atoms with E-state index in [9.17, 15) is 14.9 Å². The van der Waals surface area contributed by atoms with Crippen molar-refractivity contribution in [3.05, 3.63) is 50.7 Å². The van der Waals surface area contributed by atoms with E-state index in [2.05, 4.69) is 10.3 Å². The maximum absolute atomic E-state index is 12.0. The van der Waals surface area contributed by atoms with Gasteiger partial charge >= 0.3 is 0 Å². The molecule has 0 saturated carbocycles. The lowest BCUT2D eigenvalue weighted by atomic mass is 10.2. The van der Waals surface area contributed by atoms with E-state index in [4.69, 9.17) is 16.0 Å². The van der Waals surface area contributed by atoms with Crippen molar-refractivity contribution in [2.75, 3.05) is 5.32 Å². The van der Waals surface area contributed by atoms with Crippen LogP contribution >= 0.6 is 11.6 Å². The Labute approximate surface area is 118 Å². The highest BCUT2D eigenvalue weighted by molar-refractivity contribution is 6.36.